The highest BCUT2D eigenvalue weighted by Gasteiger charge is 2.47. The number of phenols is 1. The van der Waals surface area contributed by atoms with Crippen molar-refractivity contribution in [2.45, 2.75) is 117 Å². The third-order valence-electron chi connectivity index (χ3n) is 12.2. The van der Waals surface area contributed by atoms with E-state index in [0.717, 1.165) is 39.7 Å². The largest absolute Gasteiger partial charge is 0.508 e. The van der Waals surface area contributed by atoms with Crippen LogP contribution in [0.4, 0.5) is 0 Å². The predicted octanol–water partition coefficient (Wildman–Crippen LogP) is 4.75. The molecule has 2 aliphatic heterocycles. The summed E-state index contributed by atoms with van der Waals surface area (Å²) in [6, 6.07) is 8.30. The van der Waals surface area contributed by atoms with E-state index in [9.17, 15) is 29.4 Å². The molecule has 6 rings (SSSR count). The first kappa shape index (κ1) is 44.4. The van der Waals surface area contributed by atoms with E-state index < -0.39 is 59.4 Å². The lowest BCUT2D eigenvalue weighted by Gasteiger charge is -2.43. The van der Waals surface area contributed by atoms with Crippen molar-refractivity contribution in [1.29, 1.82) is 0 Å². The average Bonchev–Trinajstić information content (AvgIpc) is 3.53. The second-order valence-corrected chi connectivity index (χ2v) is 17.4. The molecule has 1 aromatic heterocycles. The molecule has 1 aliphatic carbocycles. The molecule has 14 nitrogen and oxygen atoms in total. The quantitative estimate of drug-likeness (QED) is 0.189. The molecule has 6 N–H and O–H groups in total. The fraction of sp³-hybridized carbons (Fsp3) is 0.522. The van der Waals surface area contributed by atoms with Crippen molar-refractivity contribution in [3.8, 4) is 16.9 Å². The maximum Gasteiger partial charge on any atom is 0.324 e. The van der Waals surface area contributed by atoms with Crippen LogP contribution in [-0.4, -0.2) is 106 Å². The van der Waals surface area contributed by atoms with Crippen molar-refractivity contribution in [2.24, 2.45) is 17.1 Å². The number of benzene rings is 2. The first-order valence-corrected chi connectivity index (χ1v) is 21.1. The normalized spacial score (nSPS) is 23.1. The first-order valence-electron chi connectivity index (χ1n) is 21.1. The zero-order valence-electron chi connectivity index (χ0n) is 36.4. The average molecular weight is 827 g/mol. The van der Waals surface area contributed by atoms with Crippen LogP contribution in [0.1, 0.15) is 90.5 Å². The number of hydrazine groups is 1. The summed E-state index contributed by atoms with van der Waals surface area (Å²) in [4.78, 5) is 56.7. The number of aromatic hydroxyl groups is 1. The molecule has 1 saturated heterocycles. The summed E-state index contributed by atoms with van der Waals surface area (Å²) >= 11 is 0. The monoisotopic (exact) mass is 826 g/mol. The lowest BCUT2D eigenvalue weighted by Crippen LogP contribution is -2.62. The molecule has 2 aromatic carbocycles. The lowest BCUT2D eigenvalue weighted by atomic mass is 9.67. The number of carbonyl (C=O) groups excluding carboxylic acids is 4. The topological polar surface area (TPSA) is 189 Å². The molecule has 3 amide bonds. The van der Waals surface area contributed by atoms with E-state index in [2.05, 4.69) is 53.4 Å². The van der Waals surface area contributed by atoms with E-state index in [1.54, 1.807) is 33.1 Å². The Bertz CT molecular complexity index is 2200. The van der Waals surface area contributed by atoms with Crippen molar-refractivity contribution in [3.63, 3.8) is 0 Å². The summed E-state index contributed by atoms with van der Waals surface area (Å²) in [6.07, 6.45) is 3.97. The van der Waals surface area contributed by atoms with Gasteiger partial charge in [-0.1, -0.05) is 58.9 Å². The highest BCUT2D eigenvalue weighted by atomic mass is 16.5. The number of nitrogens with two attached hydrogens (primary N) is 1. The van der Waals surface area contributed by atoms with Crippen LogP contribution in [0, 0.1) is 11.3 Å². The zero-order valence-corrected chi connectivity index (χ0v) is 36.4. The van der Waals surface area contributed by atoms with Crippen LogP contribution in [0.25, 0.3) is 27.6 Å². The van der Waals surface area contributed by atoms with Gasteiger partial charge in [-0.2, -0.15) is 0 Å². The molecule has 3 aliphatic rings. The maximum absolute atomic E-state index is 14.5. The molecule has 1 fully saturated rings. The summed E-state index contributed by atoms with van der Waals surface area (Å²) in [6.45, 7) is 14.1. The molecule has 3 heterocycles. The van der Waals surface area contributed by atoms with Crippen molar-refractivity contribution in [1.82, 2.24) is 25.2 Å². The number of nitrogens with one attached hydrogen (secondary N) is 2. The van der Waals surface area contributed by atoms with E-state index in [0.29, 0.717) is 36.2 Å². The Labute approximate surface area is 352 Å². The molecule has 60 heavy (non-hydrogen) atoms. The predicted molar refractivity (Wildman–Crippen MR) is 230 cm³/mol. The second kappa shape index (κ2) is 17.8. The second-order valence-electron chi connectivity index (χ2n) is 17.4. The van der Waals surface area contributed by atoms with Crippen molar-refractivity contribution >= 4 is 40.2 Å². The standard InChI is InChI=1S/C46H62N6O8/c1-10-12-14-31-38(47)41(59-9)37-36-32-23-28(16-17-35(32)51(11-2)40(31)36)29-19-27(20-30(54)22-29)21-34(48-42(55)39(25(3)4)50(8)43(56)26(5)53)44(57)52-18-13-15-33(49-52)45(58)60-24-46(37,6)7/h12,14,16-17,19-20,22-23,25-26,33-34,37,39,41,49,53-54H,10-11,13,15,18,21,24,47H2,1-9H3,(H,48,55)/b14-12-/t26?,33-,34-,37?,39-,41-/m0/s1. The number of aliphatic hydroxyl groups is 1. The SMILES string of the molecule is CC/C=C\C1=C(N)[C@@H](OC)C2c3c1n(CC)c1ccc(cc31)-c1cc(O)cc(c1)C[C@H](NC(=O)[C@H](C(C)C)N(C)C(=O)C(C)O)C(=O)N1CCC[C@H](N1)C(=O)OCC2(C)C. The van der Waals surface area contributed by atoms with Gasteiger partial charge in [0, 0.05) is 67.2 Å². The molecule has 6 bridgehead atoms. The van der Waals surface area contributed by atoms with Crippen molar-refractivity contribution < 1.29 is 38.9 Å². The highest BCUT2D eigenvalue weighted by molar-refractivity contribution is 5.97. The van der Waals surface area contributed by atoms with Crippen LogP contribution in [0.5, 0.6) is 5.75 Å². The zero-order chi connectivity index (χ0) is 43.8. The van der Waals surface area contributed by atoms with Crippen LogP contribution in [0.3, 0.4) is 0 Å². The molecule has 14 heteroatoms. The molecule has 6 atom stereocenters. The molecule has 0 spiro atoms. The van der Waals surface area contributed by atoms with Gasteiger partial charge in [0.05, 0.1) is 12.3 Å². The van der Waals surface area contributed by atoms with Gasteiger partial charge in [0.25, 0.3) is 11.8 Å². The number of allylic oxidation sites excluding steroid dienone is 3. The summed E-state index contributed by atoms with van der Waals surface area (Å²) in [7, 11) is 3.10. The molecule has 0 saturated carbocycles. The number of aromatic nitrogens is 1. The number of nitrogens with zero attached hydrogens (tertiary/aromatic N) is 3. The number of hydrogen-bond donors (Lipinski definition) is 5. The third kappa shape index (κ3) is 8.42. The number of ether oxygens (including phenoxy) is 2. The Morgan fingerprint density at radius 3 is 2.52 bits per heavy atom. The van der Waals surface area contributed by atoms with Crippen LogP contribution < -0.4 is 16.5 Å². The van der Waals surface area contributed by atoms with E-state index in [1.165, 1.54) is 23.9 Å². The van der Waals surface area contributed by atoms with Gasteiger partial charge in [0.15, 0.2) is 0 Å². The Kier molecular flexibility index (Phi) is 13.2. The van der Waals surface area contributed by atoms with E-state index >= 15 is 0 Å². The maximum atomic E-state index is 14.5. The van der Waals surface area contributed by atoms with E-state index in [4.69, 9.17) is 15.2 Å². The van der Waals surface area contributed by atoms with Gasteiger partial charge < -0.3 is 40.2 Å². The van der Waals surface area contributed by atoms with Gasteiger partial charge in [-0.05, 0) is 85.5 Å². The minimum absolute atomic E-state index is 0.0228. The smallest absolute Gasteiger partial charge is 0.324 e. The molecule has 3 aromatic rings. The Morgan fingerprint density at radius 2 is 1.87 bits per heavy atom. The fourth-order valence-electron chi connectivity index (χ4n) is 9.35. The lowest BCUT2D eigenvalue weighted by molar-refractivity contribution is -0.156. The number of esters is 1. The van der Waals surface area contributed by atoms with Crippen LogP contribution in [-0.2, 0) is 41.6 Å². The molecular formula is C46H62N6O8. The first-order chi connectivity index (χ1) is 28.4. The number of amides is 3. The van der Waals surface area contributed by atoms with E-state index in [1.807, 2.05) is 26.0 Å². The number of aliphatic hydroxyl groups excluding tert-OH is 1. The van der Waals surface area contributed by atoms with Crippen LogP contribution >= 0.6 is 0 Å². The summed E-state index contributed by atoms with van der Waals surface area (Å²) in [5.74, 6) is -2.98. The summed E-state index contributed by atoms with van der Waals surface area (Å²) < 4.78 is 14.7. The number of hydrogen-bond acceptors (Lipinski definition) is 10. The molecule has 0 radical (unpaired) electrons. The summed E-state index contributed by atoms with van der Waals surface area (Å²) in [5, 5.41) is 26.5. The van der Waals surface area contributed by atoms with Crippen LogP contribution in [0.2, 0.25) is 0 Å². The number of fused-ring (bicyclic) bond motifs is 6. The minimum atomic E-state index is -1.33. The van der Waals surface area contributed by atoms with Gasteiger partial charge in [0.1, 0.15) is 36.1 Å². The third-order valence-corrected chi connectivity index (χ3v) is 12.2. The van der Waals surface area contributed by atoms with Gasteiger partial charge in [-0.3, -0.25) is 24.2 Å². The number of rotatable bonds is 9. The van der Waals surface area contributed by atoms with Gasteiger partial charge in [0.2, 0.25) is 5.91 Å². The van der Waals surface area contributed by atoms with Gasteiger partial charge in [-0.25, -0.2) is 5.43 Å². The molecular weight excluding hydrogens is 765 g/mol. The van der Waals surface area contributed by atoms with Gasteiger partial charge >= 0.3 is 5.97 Å². The number of likely N-dealkylation sites (N-methyl/N-ethyl adjacent to an activating group) is 1. The minimum Gasteiger partial charge on any atom is -0.508 e. The Hall–Kier alpha value is -5.18. The fourth-order valence-corrected chi connectivity index (χ4v) is 9.35. The van der Waals surface area contributed by atoms with E-state index in [-0.39, 0.29) is 37.2 Å². The molecule has 2 unspecified atom stereocenters. The summed E-state index contributed by atoms with van der Waals surface area (Å²) in [5.41, 5.74) is 16.0. The van der Waals surface area contributed by atoms with Crippen molar-refractivity contribution in [3.05, 3.63) is 71.1 Å². The number of methoxy groups -OCH3 is 1. The number of aryl methyl sites for hydroxylation is 1. The van der Waals surface area contributed by atoms with Crippen LogP contribution in [0.15, 0.2) is 54.2 Å². The number of carbonyl (C=O) groups is 4. The Morgan fingerprint density at radius 1 is 1.13 bits per heavy atom. The number of phenolic OH excluding ortho intramolecular Hbond substituents is 1. The van der Waals surface area contributed by atoms with Gasteiger partial charge in [-0.15, -0.1) is 0 Å². The number of cyclic esters (lactones) is 1. The highest BCUT2D eigenvalue weighted by Crippen LogP contribution is 2.52. The Balaban J connectivity index is 1.54. The molecule has 324 valence electrons. The van der Waals surface area contributed by atoms with Crippen molar-refractivity contribution in [2.75, 3.05) is 27.3 Å².